The van der Waals surface area contributed by atoms with Crippen LogP contribution in [0.25, 0.3) is 0 Å². The summed E-state index contributed by atoms with van der Waals surface area (Å²) in [5, 5.41) is 2.80. The number of rotatable bonds is 7. The fourth-order valence-electron chi connectivity index (χ4n) is 3.65. The average Bonchev–Trinajstić information content (AvgIpc) is 2.82. The van der Waals surface area contributed by atoms with Gasteiger partial charge in [0, 0.05) is 49.6 Å². The van der Waals surface area contributed by atoms with Gasteiger partial charge in [0.1, 0.15) is 0 Å². The molecule has 1 N–H and O–H groups in total. The van der Waals surface area contributed by atoms with Crippen molar-refractivity contribution in [2.24, 2.45) is 0 Å². The molecule has 3 rings (SSSR count). The second-order valence-corrected chi connectivity index (χ2v) is 7.61. The molecule has 0 aliphatic carbocycles. The van der Waals surface area contributed by atoms with Crippen LogP contribution in [-0.2, 0) is 11.0 Å². The monoisotopic (exact) mass is 481 g/mol. The highest BCUT2D eigenvalue weighted by Crippen LogP contribution is 2.39. The van der Waals surface area contributed by atoms with E-state index in [2.05, 4.69) is 5.32 Å². The molecule has 0 unspecified atom stereocenters. The number of alkyl halides is 3. The Balaban J connectivity index is 1.54. The summed E-state index contributed by atoms with van der Waals surface area (Å²) in [7, 11) is 4.45. The Labute approximate surface area is 195 Å². The number of hydrogen-bond acceptors (Lipinski definition) is 6. The second-order valence-electron chi connectivity index (χ2n) is 7.61. The molecule has 0 aromatic heterocycles. The first-order chi connectivity index (χ1) is 16.2. The number of ether oxygens (including phenoxy) is 3. The van der Waals surface area contributed by atoms with Crippen LogP contribution in [0.15, 0.2) is 36.4 Å². The lowest BCUT2D eigenvalue weighted by molar-refractivity contribution is -0.137. The summed E-state index contributed by atoms with van der Waals surface area (Å²) in [6, 6.07) is 7.42. The topological polar surface area (TPSA) is 80.3 Å². The third kappa shape index (κ3) is 5.90. The van der Waals surface area contributed by atoms with E-state index >= 15 is 0 Å². The van der Waals surface area contributed by atoms with Crippen molar-refractivity contribution in [2.45, 2.75) is 6.18 Å². The molecule has 1 aliphatic heterocycles. The molecule has 1 saturated heterocycles. The van der Waals surface area contributed by atoms with Gasteiger partial charge >= 0.3 is 6.18 Å². The number of nitrogens with zero attached hydrogens (tertiary/aromatic N) is 2. The molecule has 0 bridgehead atoms. The highest BCUT2D eigenvalue weighted by atomic mass is 19.4. The lowest BCUT2D eigenvalue weighted by Crippen LogP contribution is -2.50. The third-order valence-electron chi connectivity index (χ3n) is 5.43. The van der Waals surface area contributed by atoms with Gasteiger partial charge in [-0.2, -0.15) is 13.2 Å². The van der Waals surface area contributed by atoms with Gasteiger partial charge in [-0.3, -0.25) is 14.5 Å². The minimum atomic E-state index is -4.45. The van der Waals surface area contributed by atoms with Gasteiger partial charge in [0.15, 0.2) is 11.5 Å². The highest BCUT2D eigenvalue weighted by Gasteiger charge is 2.31. The van der Waals surface area contributed by atoms with E-state index in [0.717, 1.165) is 12.1 Å². The third-order valence-corrected chi connectivity index (χ3v) is 5.43. The van der Waals surface area contributed by atoms with Gasteiger partial charge < -0.3 is 24.4 Å². The molecule has 0 saturated carbocycles. The van der Waals surface area contributed by atoms with Crippen LogP contribution < -0.4 is 19.5 Å². The molecule has 0 spiro atoms. The maximum Gasteiger partial charge on any atom is 0.416 e. The molecule has 0 radical (unpaired) electrons. The molecule has 2 amide bonds. The smallest absolute Gasteiger partial charge is 0.416 e. The number of halogens is 3. The van der Waals surface area contributed by atoms with E-state index in [1.807, 2.05) is 4.90 Å². The van der Waals surface area contributed by atoms with Crippen LogP contribution in [0.2, 0.25) is 0 Å². The first-order valence-electron chi connectivity index (χ1n) is 10.4. The lowest BCUT2D eigenvalue weighted by atomic mass is 10.1. The van der Waals surface area contributed by atoms with Crippen LogP contribution >= 0.6 is 0 Å². The van der Waals surface area contributed by atoms with Crippen molar-refractivity contribution in [1.82, 2.24) is 9.80 Å². The van der Waals surface area contributed by atoms with E-state index in [-0.39, 0.29) is 23.9 Å². The van der Waals surface area contributed by atoms with Crippen molar-refractivity contribution >= 4 is 17.5 Å². The zero-order chi connectivity index (χ0) is 24.9. The molecule has 11 heteroatoms. The number of carbonyl (C=O) groups excluding carboxylic acids is 2. The minimum Gasteiger partial charge on any atom is -0.493 e. The lowest BCUT2D eigenvalue weighted by Gasteiger charge is -2.34. The summed E-state index contributed by atoms with van der Waals surface area (Å²) in [5.74, 6) is 0.643. The van der Waals surface area contributed by atoms with Gasteiger partial charge in [-0.05, 0) is 24.3 Å². The quantitative estimate of drug-likeness (QED) is 0.655. The first kappa shape index (κ1) is 25.2. The van der Waals surface area contributed by atoms with E-state index in [1.54, 1.807) is 17.0 Å². The molecule has 1 aliphatic rings. The van der Waals surface area contributed by atoms with Crippen LogP contribution in [0.4, 0.5) is 18.9 Å². The molecule has 0 atom stereocenters. The Morgan fingerprint density at radius 1 is 0.912 bits per heavy atom. The fourth-order valence-corrected chi connectivity index (χ4v) is 3.65. The largest absolute Gasteiger partial charge is 0.493 e. The first-order valence-corrected chi connectivity index (χ1v) is 10.4. The molecule has 2 aromatic rings. The Kier molecular flexibility index (Phi) is 7.87. The molecular formula is C23H26F3N3O5. The zero-order valence-corrected chi connectivity index (χ0v) is 19.1. The number of amides is 2. The van der Waals surface area contributed by atoms with E-state index < -0.39 is 11.7 Å². The Bertz CT molecular complexity index is 994. The predicted octanol–water partition coefficient (Wildman–Crippen LogP) is 3.13. The van der Waals surface area contributed by atoms with Crippen LogP contribution in [0, 0.1) is 0 Å². The van der Waals surface area contributed by atoms with Crippen LogP contribution in [0.3, 0.4) is 0 Å². The molecule has 34 heavy (non-hydrogen) atoms. The van der Waals surface area contributed by atoms with E-state index in [4.69, 9.17) is 14.2 Å². The van der Waals surface area contributed by atoms with Gasteiger partial charge in [0.2, 0.25) is 11.7 Å². The van der Waals surface area contributed by atoms with Crippen molar-refractivity contribution in [1.29, 1.82) is 0 Å². The fraction of sp³-hybridized carbons (Fsp3) is 0.391. The highest BCUT2D eigenvalue weighted by molar-refractivity contribution is 5.94. The van der Waals surface area contributed by atoms with Crippen molar-refractivity contribution in [3.8, 4) is 17.2 Å². The SMILES string of the molecule is COc1cc(NC(=O)CN2CCN(C(=O)c3ccc(C(F)(F)F)cc3)CC2)cc(OC)c1OC. The molecule has 8 nitrogen and oxygen atoms in total. The van der Waals surface area contributed by atoms with Crippen molar-refractivity contribution in [3.05, 3.63) is 47.5 Å². The summed E-state index contributed by atoms with van der Waals surface area (Å²) in [6.45, 7) is 1.73. The van der Waals surface area contributed by atoms with Gasteiger partial charge in [-0.15, -0.1) is 0 Å². The number of piperazine rings is 1. The van der Waals surface area contributed by atoms with Gasteiger partial charge in [-0.25, -0.2) is 0 Å². The minimum absolute atomic E-state index is 0.110. The van der Waals surface area contributed by atoms with Crippen molar-refractivity contribution < 1.29 is 37.0 Å². The number of methoxy groups -OCH3 is 3. The summed E-state index contributed by atoms with van der Waals surface area (Å²) in [4.78, 5) is 28.6. The van der Waals surface area contributed by atoms with E-state index in [1.165, 1.54) is 33.5 Å². The molecule has 1 fully saturated rings. The van der Waals surface area contributed by atoms with E-state index in [0.29, 0.717) is 49.1 Å². The summed E-state index contributed by atoms with van der Waals surface area (Å²) in [6.07, 6.45) is -4.45. The Morgan fingerprint density at radius 3 is 1.94 bits per heavy atom. The zero-order valence-electron chi connectivity index (χ0n) is 19.1. The molecule has 184 valence electrons. The molecule has 2 aromatic carbocycles. The van der Waals surface area contributed by atoms with Crippen LogP contribution in [-0.4, -0.2) is 75.7 Å². The van der Waals surface area contributed by atoms with Crippen LogP contribution in [0.5, 0.6) is 17.2 Å². The van der Waals surface area contributed by atoms with Crippen LogP contribution in [0.1, 0.15) is 15.9 Å². The van der Waals surface area contributed by atoms with Gasteiger partial charge in [-0.1, -0.05) is 0 Å². The van der Waals surface area contributed by atoms with Gasteiger partial charge in [0.05, 0.1) is 33.4 Å². The average molecular weight is 481 g/mol. The summed E-state index contributed by atoms with van der Waals surface area (Å²) in [5.41, 5.74) is -0.121. The number of carbonyl (C=O) groups is 2. The summed E-state index contributed by atoms with van der Waals surface area (Å²) >= 11 is 0. The van der Waals surface area contributed by atoms with E-state index in [9.17, 15) is 22.8 Å². The number of nitrogens with one attached hydrogen (secondary N) is 1. The Morgan fingerprint density at radius 2 is 1.47 bits per heavy atom. The van der Waals surface area contributed by atoms with Crippen molar-refractivity contribution in [2.75, 3.05) is 59.4 Å². The molecular weight excluding hydrogens is 455 g/mol. The standard InChI is InChI=1S/C23H26F3N3O5/c1-32-18-12-17(13-19(33-2)21(18)34-3)27-20(30)14-28-8-10-29(11-9-28)22(31)15-4-6-16(7-5-15)23(24,25)26/h4-7,12-13H,8-11,14H2,1-3H3,(H,27,30). The number of anilines is 1. The normalized spacial score (nSPS) is 14.5. The second kappa shape index (κ2) is 10.6. The predicted molar refractivity (Wildman–Crippen MR) is 119 cm³/mol. The maximum atomic E-state index is 12.7. The van der Waals surface area contributed by atoms with Gasteiger partial charge in [0.25, 0.3) is 5.91 Å². The molecule has 1 heterocycles. The number of hydrogen-bond donors (Lipinski definition) is 1. The maximum absolute atomic E-state index is 12.7. The number of benzene rings is 2. The van der Waals surface area contributed by atoms with Crippen molar-refractivity contribution in [3.63, 3.8) is 0 Å². The summed E-state index contributed by atoms with van der Waals surface area (Å²) < 4.78 is 54.0. The Hall–Kier alpha value is -3.47.